The van der Waals surface area contributed by atoms with Crippen molar-refractivity contribution in [3.05, 3.63) is 39.9 Å². The van der Waals surface area contributed by atoms with E-state index in [1.807, 2.05) is 13.0 Å². The number of para-hydroxylation sites is 1. The summed E-state index contributed by atoms with van der Waals surface area (Å²) < 4.78 is 5.85. The first-order chi connectivity index (χ1) is 10.2. The van der Waals surface area contributed by atoms with Crippen LogP contribution in [0.15, 0.2) is 24.3 Å². The van der Waals surface area contributed by atoms with Crippen LogP contribution in [0.1, 0.15) is 50.6 Å². The lowest BCUT2D eigenvalue weighted by atomic mass is 9.98. The molecule has 5 heteroatoms. The van der Waals surface area contributed by atoms with E-state index in [0.29, 0.717) is 19.3 Å². The van der Waals surface area contributed by atoms with Gasteiger partial charge in [0, 0.05) is 24.2 Å². The number of nitro groups is 1. The molecule has 0 spiro atoms. The molecular formula is C16H24N2O3. The van der Waals surface area contributed by atoms with Gasteiger partial charge in [-0.15, -0.1) is 0 Å². The summed E-state index contributed by atoms with van der Waals surface area (Å²) in [7, 11) is 0. The van der Waals surface area contributed by atoms with Crippen LogP contribution in [0.2, 0.25) is 0 Å². The number of rotatable bonds is 7. The Bertz CT molecular complexity index is 459. The molecule has 1 aliphatic carbocycles. The highest BCUT2D eigenvalue weighted by Gasteiger charge is 2.18. The summed E-state index contributed by atoms with van der Waals surface area (Å²) >= 11 is 0. The van der Waals surface area contributed by atoms with Crippen molar-refractivity contribution in [1.82, 2.24) is 5.32 Å². The summed E-state index contributed by atoms with van der Waals surface area (Å²) in [5.41, 5.74) is 0.894. The van der Waals surface area contributed by atoms with Crippen LogP contribution >= 0.6 is 0 Å². The van der Waals surface area contributed by atoms with Gasteiger partial charge in [-0.25, -0.2) is 0 Å². The number of hydrogen-bond donors (Lipinski definition) is 1. The SMILES string of the molecule is CC(NCCOC1CCCCC1)c1ccccc1[N+](=O)[O-]. The molecular weight excluding hydrogens is 268 g/mol. The van der Waals surface area contributed by atoms with E-state index in [2.05, 4.69) is 5.32 Å². The Morgan fingerprint density at radius 1 is 1.33 bits per heavy atom. The van der Waals surface area contributed by atoms with Crippen molar-refractivity contribution in [2.24, 2.45) is 0 Å². The molecule has 0 saturated heterocycles. The van der Waals surface area contributed by atoms with E-state index in [1.54, 1.807) is 18.2 Å². The molecule has 1 N–H and O–H groups in total. The van der Waals surface area contributed by atoms with Crippen molar-refractivity contribution in [1.29, 1.82) is 0 Å². The average molecular weight is 292 g/mol. The van der Waals surface area contributed by atoms with E-state index in [0.717, 1.165) is 5.56 Å². The summed E-state index contributed by atoms with van der Waals surface area (Å²) in [4.78, 5) is 10.7. The normalized spacial score (nSPS) is 17.6. The largest absolute Gasteiger partial charge is 0.377 e. The fourth-order valence-corrected chi connectivity index (χ4v) is 2.86. The summed E-state index contributed by atoms with van der Waals surface area (Å²) in [5, 5.41) is 14.3. The van der Waals surface area contributed by atoms with Crippen LogP contribution in [0.25, 0.3) is 0 Å². The van der Waals surface area contributed by atoms with Crippen LogP contribution < -0.4 is 5.32 Å². The maximum absolute atomic E-state index is 11.0. The van der Waals surface area contributed by atoms with Crippen LogP contribution in [0.5, 0.6) is 0 Å². The highest BCUT2D eigenvalue weighted by atomic mass is 16.6. The lowest BCUT2D eigenvalue weighted by Gasteiger charge is -2.22. The number of benzene rings is 1. The Hall–Kier alpha value is -1.46. The lowest BCUT2D eigenvalue weighted by molar-refractivity contribution is -0.385. The van der Waals surface area contributed by atoms with E-state index >= 15 is 0 Å². The first kappa shape index (κ1) is 15.9. The predicted octanol–water partition coefficient (Wildman–Crippen LogP) is 3.59. The average Bonchev–Trinajstić information content (AvgIpc) is 2.52. The van der Waals surface area contributed by atoms with Crippen LogP contribution in [0.4, 0.5) is 5.69 Å². The molecule has 1 unspecified atom stereocenters. The summed E-state index contributed by atoms with van der Waals surface area (Å²) in [6.45, 7) is 3.32. The Morgan fingerprint density at radius 3 is 2.76 bits per heavy atom. The monoisotopic (exact) mass is 292 g/mol. The van der Waals surface area contributed by atoms with Crippen molar-refractivity contribution in [2.75, 3.05) is 13.2 Å². The molecule has 1 fully saturated rings. The second kappa shape index (κ2) is 8.10. The molecule has 21 heavy (non-hydrogen) atoms. The molecule has 1 aliphatic rings. The van der Waals surface area contributed by atoms with E-state index in [9.17, 15) is 10.1 Å². The van der Waals surface area contributed by atoms with Gasteiger partial charge >= 0.3 is 0 Å². The minimum absolute atomic E-state index is 0.0541. The fraction of sp³-hybridized carbons (Fsp3) is 0.625. The zero-order valence-corrected chi connectivity index (χ0v) is 12.6. The molecule has 0 aromatic heterocycles. The summed E-state index contributed by atoms with van der Waals surface area (Å²) in [5.74, 6) is 0. The quantitative estimate of drug-likeness (QED) is 0.474. The molecule has 0 aliphatic heterocycles. The number of hydrogen-bond acceptors (Lipinski definition) is 4. The standard InChI is InChI=1S/C16H24N2O3/c1-13(15-9-5-6-10-16(15)18(19)20)17-11-12-21-14-7-3-2-4-8-14/h5-6,9-10,13-14,17H,2-4,7-8,11-12H2,1H3. The number of ether oxygens (including phenoxy) is 1. The minimum Gasteiger partial charge on any atom is -0.377 e. The maximum Gasteiger partial charge on any atom is 0.274 e. The van der Waals surface area contributed by atoms with Crippen LogP contribution in [-0.4, -0.2) is 24.2 Å². The molecule has 1 aromatic rings. The van der Waals surface area contributed by atoms with Gasteiger partial charge in [0.25, 0.3) is 5.69 Å². The third-order valence-corrected chi connectivity index (χ3v) is 4.06. The minimum atomic E-state index is -0.327. The van der Waals surface area contributed by atoms with Crippen LogP contribution in [0, 0.1) is 10.1 Å². The Kier molecular flexibility index (Phi) is 6.14. The smallest absolute Gasteiger partial charge is 0.274 e. The third kappa shape index (κ3) is 4.79. The van der Waals surface area contributed by atoms with Crippen molar-refractivity contribution in [2.45, 2.75) is 51.2 Å². The van der Waals surface area contributed by atoms with Gasteiger partial charge in [-0.05, 0) is 19.8 Å². The van der Waals surface area contributed by atoms with Gasteiger partial charge in [-0.2, -0.15) is 0 Å². The maximum atomic E-state index is 11.0. The molecule has 116 valence electrons. The number of nitro benzene ring substituents is 1. The highest BCUT2D eigenvalue weighted by molar-refractivity contribution is 5.41. The fourth-order valence-electron chi connectivity index (χ4n) is 2.86. The molecule has 0 bridgehead atoms. The van der Waals surface area contributed by atoms with Gasteiger partial charge < -0.3 is 10.1 Å². The predicted molar refractivity (Wildman–Crippen MR) is 82.3 cm³/mol. The van der Waals surface area contributed by atoms with Gasteiger partial charge in [-0.3, -0.25) is 10.1 Å². The molecule has 5 nitrogen and oxygen atoms in total. The van der Waals surface area contributed by atoms with E-state index in [4.69, 9.17) is 4.74 Å². The summed E-state index contributed by atoms with van der Waals surface area (Å²) in [6.07, 6.45) is 6.60. The van der Waals surface area contributed by atoms with Gasteiger partial charge in [0.2, 0.25) is 0 Å². The van der Waals surface area contributed by atoms with E-state index < -0.39 is 0 Å². The van der Waals surface area contributed by atoms with Crippen molar-refractivity contribution in [3.63, 3.8) is 0 Å². The van der Waals surface area contributed by atoms with Gasteiger partial charge in [0.05, 0.1) is 17.6 Å². The van der Waals surface area contributed by atoms with Crippen molar-refractivity contribution in [3.8, 4) is 0 Å². The number of nitrogens with zero attached hydrogens (tertiary/aromatic N) is 1. The summed E-state index contributed by atoms with van der Waals surface area (Å²) in [6, 6.07) is 6.82. The second-order valence-corrected chi connectivity index (χ2v) is 5.62. The van der Waals surface area contributed by atoms with Crippen molar-refractivity contribution < 1.29 is 9.66 Å². The molecule has 1 aromatic carbocycles. The molecule has 0 amide bonds. The first-order valence-electron chi connectivity index (χ1n) is 7.77. The van der Waals surface area contributed by atoms with Crippen molar-refractivity contribution >= 4 is 5.69 Å². The van der Waals surface area contributed by atoms with E-state index in [-0.39, 0.29) is 16.7 Å². The number of nitrogens with one attached hydrogen (secondary N) is 1. The zero-order valence-electron chi connectivity index (χ0n) is 12.6. The molecule has 0 radical (unpaired) electrons. The van der Waals surface area contributed by atoms with E-state index in [1.165, 1.54) is 32.1 Å². The van der Waals surface area contributed by atoms with Crippen LogP contribution in [-0.2, 0) is 4.74 Å². The van der Waals surface area contributed by atoms with Gasteiger partial charge in [0.1, 0.15) is 0 Å². The molecule has 1 saturated carbocycles. The zero-order chi connectivity index (χ0) is 15.1. The lowest BCUT2D eigenvalue weighted by Crippen LogP contribution is -2.26. The second-order valence-electron chi connectivity index (χ2n) is 5.62. The highest BCUT2D eigenvalue weighted by Crippen LogP contribution is 2.24. The third-order valence-electron chi connectivity index (χ3n) is 4.06. The topological polar surface area (TPSA) is 64.4 Å². The van der Waals surface area contributed by atoms with Gasteiger partial charge in [0.15, 0.2) is 0 Å². The Morgan fingerprint density at radius 2 is 2.05 bits per heavy atom. The Balaban J connectivity index is 1.76. The van der Waals surface area contributed by atoms with Crippen LogP contribution in [0.3, 0.4) is 0 Å². The first-order valence-corrected chi connectivity index (χ1v) is 7.77. The molecule has 2 rings (SSSR count). The van der Waals surface area contributed by atoms with Gasteiger partial charge in [-0.1, -0.05) is 37.5 Å². The molecule has 1 atom stereocenters. The molecule has 0 heterocycles. The Labute approximate surface area is 125 Å².